The summed E-state index contributed by atoms with van der Waals surface area (Å²) in [5, 5.41) is 3.96. The number of anilines is 2. The van der Waals surface area contributed by atoms with Crippen LogP contribution in [0.25, 0.3) is 10.6 Å². The number of rotatable bonds is 3. The Bertz CT molecular complexity index is 778. The van der Waals surface area contributed by atoms with Crippen LogP contribution in [0.15, 0.2) is 41.1 Å². The predicted octanol–water partition coefficient (Wildman–Crippen LogP) is 4.90. The highest BCUT2D eigenvalue weighted by molar-refractivity contribution is 9.10. The van der Waals surface area contributed by atoms with Crippen molar-refractivity contribution in [2.24, 2.45) is 0 Å². The molecule has 0 radical (unpaired) electrons. The minimum absolute atomic E-state index is 0.176. The number of halogens is 3. The van der Waals surface area contributed by atoms with Gasteiger partial charge >= 0.3 is 0 Å². The zero-order chi connectivity index (χ0) is 14.8. The Morgan fingerprint density at radius 2 is 1.90 bits per heavy atom. The molecule has 0 aliphatic heterocycles. The second-order valence-electron chi connectivity index (χ2n) is 4.00. The lowest BCUT2D eigenvalue weighted by atomic mass is 10.3. The van der Waals surface area contributed by atoms with Gasteiger partial charge in [0, 0.05) is 18.1 Å². The largest absolute Gasteiger partial charge is 0.332 e. The van der Waals surface area contributed by atoms with Crippen molar-refractivity contribution in [3.05, 3.63) is 52.2 Å². The fraction of sp³-hybridized carbons (Fsp3) is 0. The monoisotopic (exact) mass is 384 g/mol. The molecule has 0 saturated heterocycles. The Kier molecular flexibility index (Phi) is 4.14. The van der Waals surface area contributed by atoms with Gasteiger partial charge in [0.15, 0.2) is 5.13 Å². The van der Waals surface area contributed by atoms with E-state index in [-0.39, 0.29) is 11.1 Å². The molecule has 0 aliphatic carbocycles. The van der Waals surface area contributed by atoms with E-state index in [1.165, 1.54) is 23.5 Å². The van der Waals surface area contributed by atoms with Gasteiger partial charge in [-0.1, -0.05) is 11.3 Å². The minimum atomic E-state index is -0.278. The molecule has 4 nitrogen and oxygen atoms in total. The van der Waals surface area contributed by atoms with E-state index in [0.717, 1.165) is 15.0 Å². The molecule has 2 aromatic heterocycles. The first-order chi connectivity index (χ1) is 10.1. The number of benzene rings is 1. The van der Waals surface area contributed by atoms with E-state index in [2.05, 4.69) is 36.2 Å². The van der Waals surface area contributed by atoms with Crippen LogP contribution in [0.3, 0.4) is 0 Å². The molecule has 21 heavy (non-hydrogen) atoms. The van der Waals surface area contributed by atoms with Gasteiger partial charge in [-0.25, -0.2) is 19.3 Å². The van der Waals surface area contributed by atoms with Gasteiger partial charge in [-0.3, -0.25) is 0 Å². The van der Waals surface area contributed by atoms with Gasteiger partial charge in [-0.05, 0) is 51.8 Å². The second kappa shape index (κ2) is 6.05. The number of nitrogens with zero attached hydrogens (tertiary/aromatic N) is 3. The lowest BCUT2D eigenvalue weighted by Crippen LogP contribution is -1.88. The molecule has 2 heterocycles. The molecule has 0 amide bonds. The van der Waals surface area contributed by atoms with Crippen molar-refractivity contribution >= 4 is 49.7 Å². The van der Waals surface area contributed by atoms with Gasteiger partial charge in [0.05, 0.1) is 9.35 Å². The normalized spacial score (nSPS) is 10.6. The highest BCUT2D eigenvalue weighted by atomic mass is 79.9. The summed E-state index contributed by atoms with van der Waals surface area (Å²) >= 11 is 10.6. The fourth-order valence-corrected chi connectivity index (χ4v) is 3.13. The minimum Gasteiger partial charge on any atom is -0.332 e. The summed E-state index contributed by atoms with van der Waals surface area (Å²) in [5.41, 5.74) is 1.44. The number of thiazole rings is 1. The number of hydrogen-bond acceptors (Lipinski definition) is 5. The van der Waals surface area contributed by atoms with E-state index in [1.54, 1.807) is 24.5 Å². The van der Waals surface area contributed by atoms with Crippen molar-refractivity contribution < 1.29 is 4.39 Å². The van der Waals surface area contributed by atoms with E-state index >= 15 is 0 Å². The van der Waals surface area contributed by atoms with Crippen LogP contribution in [0.5, 0.6) is 0 Å². The third-order valence-corrected chi connectivity index (χ3v) is 4.23. The highest BCUT2D eigenvalue weighted by Crippen LogP contribution is 2.33. The zero-order valence-electron chi connectivity index (χ0n) is 10.3. The van der Waals surface area contributed by atoms with Gasteiger partial charge in [-0.15, -0.1) is 0 Å². The van der Waals surface area contributed by atoms with Crippen LogP contribution in [-0.4, -0.2) is 15.0 Å². The smallest absolute Gasteiger partial charge is 0.222 e. The summed E-state index contributed by atoms with van der Waals surface area (Å²) in [6, 6.07) is 6.07. The lowest BCUT2D eigenvalue weighted by molar-refractivity contribution is 0.628. The van der Waals surface area contributed by atoms with Crippen LogP contribution >= 0.6 is 38.9 Å². The van der Waals surface area contributed by atoms with Crippen LogP contribution < -0.4 is 5.32 Å². The molecule has 0 aliphatic rings. The first-order valence-electron chi connectivity index (χ1n) is 5.78. The van der Waals surface area contributed by atoms with Crippen molar-refractivity contribution in [1.29, 1.82) is 0 Å². The molecule has 0 unspecified atom stereocenters. The predicted molar refractivity (Wildman–Crippen MR) is 85.5 cm³/mol. The molecule has 0 atom stereocenters. The standard InChI is InChI=1S/C13H7BrClFN4S/c14-9-5-17-12(15)20-11(9)10-6-18-13(21-10)19-8-3-1-7(16)2-4-8/h1-6H,(H,18,19). The summed E-state index contributed by atoms with van der Waals surface area (Å²) in [6.07, 6.45) is 3.29. The van der Waals surface area contributed by atoms with Gasteiger partial charge in [-0.2, -0.15) is 0 Å². The van der Waals surface area contributed by atoms with Gasteiger partial charge in [0.2, 0.25) is 5.28 Å². The Labute approximate surface area is 137 Å². The summed E-state index contributed by atoms with van der Waals surface area (Å²) < 4.78 is 13.6. The second-order valence-corrected chi connectivity index (χ2v) is 6.22. The summed E-state index contributed by atoms with van der Waals surface area (Å²) in [6.45, 7) is 0. The Hall–Kier alpha value is -1.57. The van der Waals surface area contributed by atoms with Crippen LogP contribution in [0.1, 0.15) is 0 Å². The first kappa shape index (κ1) is 14.4. The van der Waals surface area contributed by atoms with Crippen LogP contribution in [0, 0.1) is 5.82 Å². The maximum absolute atomic E-state index is 12.9. The molecule has 3 aromatic rings. The van der Waals surface area contributed by atoms with Gasteiger partial charge < -0.3 is 5.32 Å². The molecular formula is C13H7BrClFN4S. The van der Waals surface area contributed by atoms with Crippen molar-refractivity contribution in [2.75, 3.05) is 5.32 Å². The molecule has 8 heteroatoms. The Balaban J connectivity index is 1.86. The van der Waals surface area contributed by atoms with Crippen molar-refractivity contribution in [3.63, 3.8) is 0 Å². The van der Waals surface area contributed by atoms with Crippen LogP contribution in [-0.2, 0) is 0 Å². The molecular weight excluding hydrogens is 379 g/mol. The fourth-order valence-electron chi connectivity index (χ4n) is 1.62. The first-order valence-corrected chi connectivity index (χ1v) is 7.77. The lowest BCUT2D eigenvalue weighted by Gasteiger charge is -2.01. The number of nitrogens with one attached hydrogen (secondary N) is 1. The van der Waals surface area contributed by atoms with E-state index < -0.39 is 0 Å². The van der Waals surface area contributed by atoms with Crippen LogP contribution in [0.2, 0.25) is 5.28 Å². The average Bonchev–Trinajstić information content (AvgIpc) is 2.92. The maximum Gasteiger partial charge on any atom is 0.222 e. The van der Waals surface area contributed by atoms with E-state index in [1.807, 2.05) is 0 Å². The Morgan fingerprint density at radius 1 is 1.14 bits per heavy atom. The average molecular weight is 386 g/mol. The molecule has 0 bridgehead atoms. The molecule has 1 N–H and O–H groups in total. The quantitative estimate of drug-likeness (QED) is 0.652. The number of aromatic nitrogens is 3. The van der Waals surface area contributed by atoms with Gasteiger partial charge in [0.25, 0.3) is 0 Å². The molecule has 1 aromatic carbocycles. The van der Waals surface area contributed by atoms with Crippen LogP contribution in [0.4, 0.5) is 15.2 Å². The third kappa shape index (κ3) is 3.37. The van der Waals surface area contributed by atoms with E-state index in [9.17, 15) is 4.39 Å². The zero-order valence-corrected chi connectivity index (χ0v) is 13.5. The summed E-state index contributed by atoms with van der Waals surface area (Å²) in [4.78, 5) is 13.2. The molecule has 0 spiro atoms. The third-order valence-electron chi connectivity index (χ3n) is 2.55. The molecule has 0 saturated carbocycles. The van der Waals surface area contributed by atoms with Gasteiger partial charge in [0.1, 0.15) is 11.5 Å². The van der Waals surface area contributed by atoms with Crippen molar-refractivity contribution in [1.82, 2.24) is 15.0 Å². The number of hydrogen-bond donors (Lipinski definition) is 1. The Morgan fingerprint density at radius 3 is 2.67 bits per heavy atom. The van der Waals surface area contributed by atoms with Crippen molar-refractivity contribution in [2.45, 2.75) is 0 Å². The highest BCUT2D eigenvalue weighted by Gasteiger charge is 2.11. The van der Waals surface area contributed by atoms with E-state index in [4.69, 9.17) is 11.6 Å². The molecule has 3 rings (SSSR count). The summed E-state index contributed by atoms with van der Waals surface area (Å²) in [5.74, 6) is -0.278. The topological polar surface area (TPSA) is 50.7 Å². The molecule has 0 fully saturated rings. The maximum atomic E-state index is 12.9. The summed E-state index contributed by atoms with van der Waals surface area (Å²) in [7, 11) is 0. The van der Waals surface area contributed by atoms with Crippen molar-refractivity contribution in [3.8, 4) is 10.6 Å². The molecule has 106 valence electrons. The SMILES string of the molecule is Fc1ccc(Nc2ncc(-c3nc(Cl)ncc3Br)s2)cc1. The van der Waals surface area contributed by atoms with E-state index in [0.29, 0.717) is 10.8 Å².